The Hall–Kier alpha value is -1.48. The van der Waals surface area contributed by atoms with Crippen LogP contribution in [0.1, 0.15) is 30.5 Å². The molecule has 5 nitrogen and oxygen atoms in total. The van der Waals surface area contributed by atoms with E-state index in [1.54, 1.807) is 6.92 Å². The Labute approximate surface area is 98.0 Å². The van der Waals surface area contributed by atoms with E-state index >= 15 is 0 Å². The number of hydrogen-bond donors (Lipinski definition) is 0. The summed E-state index contributed by atoms with van der Waals surface area (Å²) < 4.78 is 9.81. The molecule has 0 radical (unpaired) electrons. The molecule has 1 aromatic rings. The monoisotopic (exact) mass is 240 g/mol. The lowest BCUT2D eigenvalue weighted by Crippen LogP contribution is -2.04. The molecule has 0 aliphatic rings. The maximum atomic E-state index is 11.2. The van der Waals surface area contributed by atoms with E-state index in [9.17, 15) is 4.79 Å². The molecule has 1 aromatic heterocycles. The highest BCUT2D eigenvalue weighted by Gasteiger charge is 2.15. The molecule has 0 saturated heterocycles. The van der Waals surface area contributed by atoms with Crippen LogP contribution in [0.15, 0.2) is 9.64 Å². The average Bonchev–Trinajstić information content (AvgIpc) is 2.73. The summed E-state index contributed by atoms with van der Waals surface area (Å²) in [5, 5.41) is 7.65. The molecule has 86 valence electrons. The van der Waals surface area contributed by atoms with Crippen LogP contribution in [0, 0.1) is 12.3 Å². The van der Waals surface area contributed by atoms with Gasteiger partial charge in [0.25, 0.3) is 5.22 Å². The first-order valence-corrected chi connectivity index (χ1v) is 5.83. The van der Waals surface area contributed by atoms with Crippen molar-refractivity contribution in [1.29, 1.82) is 0 Å². The maximum Gasteiger partial charge on any atom is 0.396 e. The summed E-state index contributed by atoms with van der Waals surface area (Å²) in [6.07, 6.45) is 6.70. The number of carbonyl (C=O) groups is 1. The highest BCUT2D eigenvalue weighted by molar-refractivity contribution is 7.99. The number of unbranched alkanes of at least 4 members (excludes halogenated alkanes) is 1. The van der Waals surface area contributed by atoms with Crippen LogP contribution in [0.2, 0.25) is 0 Å². The molecule has 1 heterocycles. The van der Waals surface area contributed by atoms with Crippen molar-refractivity contribution in [3.63, 3.8) is 0 Å². The molecular weight excluding hydrogens is 228 g/mol. The first-order valence-electron chi connectivity index (χ1n) is 4.84. The van der Waals surface area contributed by atoms with Crippen LogP contribution in [-0.4, -0.2) is 28.5 Å². The average molecular weight is 240 g/mol. The Morgan fingerprint density at radius 3 is 3.12 bits per heavy atom. The number of carbonyl (C=O) groups excluding carboxylic acids is 1. The van der Waals surface area contributed by atoms with Gasteiger partial charge in [0, 0.05) is 12.2 Å². The normalized spacial score (nSPS) is 9.75. The van der Waals surface area contributed by atoms with E-state index in [0.29, 0.717) is 11.6 Å². The summed E-state index contributed by atoms with van der Waals surface area (Å²) >= 11 is 1.37. The van der Waals surface area contributed by atoms with Crippen LogP contribution < -0.4 is 0 Å². The predicted octanol–water partition coefficient (Wildman–Crippen LogP) is 1.75. The lowest BCUT2D eigenvalue weighted by molar-refractivity contribution is 0.0475. The number of ether oxygens (including phenoxy) is 1. The fourth-order valence-corrected chi connectivity index (χ4v) is 1.58. The van der Waals surface area contributed by atoms with Gasteiger partial charge in [-0.2, -0.15) is 0 Å². The highest BCUT2D eigenvalue weighted by Crippen LogP contribution is 2.17. The second-order valence-corrected chi connectivity index (χ2v) is 3.80. The quantitative estimate of drug-likeness (QED) is 0.326. The van der Waals surface area contributed by atoms with Crippen molar-refractivity contribution in [3.05, 3.63) is 5.89 Å². The Balaban J connectivity index is 2.39. The molecule has 0 bridgehead atoms. The van der Waals surface area contributed by atoms with Gasteiger partial charge in [0.2, 0.25) is 0 Å². The Morgan fingerprint density at radius 2 is 2.44 bits per heavy atom. The SMILES string of the molecule is C#CCCCSc1nnc(C(=O)OCC)o1. The first-order chi connectivity index (χ1) is 7.77. The number of rotatable bonds is 6. The van der Waals surface area contributed by atoms with Gasteiger partial charge in [0.1, 0.15) is 0 Å². The third-order valence-corrected chi connectivity index (χ3v) is 2.45. The van der Waals surface area contributed by atoms with Crippen molar-refractivity contribution < 1.29 is 13.9 Å². The molecule has 0 aliphatic carbocycles. The summed E-state index contributed by atoms with van der Waals surface area (Å²) in [7, 11) is 0. The van der Waals surface area contributed by atoms with Crippen molar-refractivity contribution in [2.45, 2.75) is 25.0 Å². The van der Waals surface area contributed by atoms with Gasteiger partial charge in [0.15, 0.2) is 0 Å². The number of aromatic nitrogens is 2. The summed E-state index contributed by atoms with van der Waals surface area (Å²) in [6, 6.07) is 0. The summed E-state index contributed by atoms with van der Waals surface area (Å²) in [6.45, 7) is 2.00. The molecule has 0 amide bonds. The fraction of sp³-hybridized carbons (Fsp3) is 0.500. The van der Waals surface area contributed by atoms with E-state index in [-0.39, 0.29) is 12.5 Å². The summed E-state index contributed by atoms with van der Waals surface area (Å²) in [5.74, 6) is 2.62. The van der Waals surface area contributed by atoms with Gasteiger partial charge >= 0.3 is 11.9 Å². The van der Waals surface area contributed by atoms with Crippen LogP contribution in [0.5, 0.6) is 0 Å². The van der Waals surface area contributed by atoms with Crippen molar-refractivity contribution in [2.24, 2.45) is 0 Å². The zero-order valence-electron chi connectivity index (χ0n) is 8.93. The number of hydrogen-bond acceptors (Lipinski definition) is 6. The third-order valence-electron chi connectivity index (χ3n) is 1.55. The molecule has 16 heavy (non-hydrogen) atoms. The zero-order valence-corrected chi connectivity index (χ0v) is 9.75. The molecule has 0 N–H and O–H groups in total. The van der Waals surface area contributed by atoms with Crippen LogP contribution >= 0.6 is 11.8 Å². The Morgan fingerprint density at radius 1 is 1.62 bits per heavy atom. The standard InChI is InChI=1S/C10H12N2O3S/c1-3-5-6-7-16-10-12-11-8(15-10)9(13)14-4-2/h1H,4-7H2,2H3. The van der Waals surface area contributed by atoms with Gasteiger partial charge < -0.3 is 9.15 Å². The molecule has 0 aliphatic heterocycles. The van der Waals surface area contributed by atoms with E-state index in [2.05, 4.69) is 16.1 Å². The van der Waals surface area contributed by atoms with Crippen molar-refractivity contribution in [1.82, 2.24) is 10.2 Å². The Bertz CT molecular complexity index is 384. The van der Waals surface area contributed by atoms with Gasteiger partial charge in [-0.1, -0.05) is 16.9 Å². The van der Waals surface area contributed by atoms with E-state index < -0.39 is 5.97 Å². The molecule has 0 fully saturated rings. The number of thioether (sulfide) groups is 1. The maximum absolute atomic E-state index is 11.2. The van der Waals surface area contributed by atoms with E-state index in [1.165, 1.54) is 11.8 Å². The molecular formula is C10H12N2O3S. The first kappa shape index (κ1) is 12.6. The Kier molecular flexibility index (Phi) is 5.43. The number of nitrogens with zero attached hydrogens (tertiary/aromatic N) is 2. The lowest BCUT2D eigenvalue weighted by atomic mass is 10.4. The number of esters is 1. The zero-order chi connectivity index (χ0) is 11.8. The van der Waals surface area contributed by atoms with Crippen molar-refractivity contribution in [2.75, 3.05) is 12.4 Å². The fourth-order valence-electron chi connectivity index (χ4n) is 0.877. The van der Waals surface area contributed by atoms with Crippen LogP contribution in [0.25, 0.3) is 0 Å². The van der Waals surface area contributed by atoms with Crippen molar-refractivity contribution in [3.8, 4) is 12.3 Å². The van der Waals surface area contributed by atoms with Crippen LogP contribution in [-0.2, 0) is 4.74 Å². The smallest absolute Gasteiger partial charge is 0.396 e. The second-order valence-electron chi connectivity index (χ2n) is 2.75. The van der Waals surface area contributed by atoms with Crippen LogP contribution in [0.3, 0.4) is 0 Å². The molecule has 6 heteroatoms. The minimum absolute atomic E-state index is 0.110. The van der Waals surface area contributed by atoms with Gasteiger partial charge in [-0.3, -0.25) is 0 Å². The van der Waals surface area contributed by atoms with E-state index in [0.717, 1.165) is 12.2 Å². The molecule has 0 spiro atoms. The van der Waals surface area contributed by atoms with E-state index in [1.807, 2.05) is 0 Å². The topological polar surface area (TPSA) is 65.2 Å². The molecule has 0 unspecified atom stereocenters. The highest BCUT2D eigenvalue weighted by atomic mass is 32.2. The third kappa shape index (κ3) is 3.95. The molecule has 0 atom stereocenters. The minimum Gasteiger partial charge on any atom is -0.459 e. The molecule has 0 saturated carbocycles. The van der Waals surface area contributed by atoms with Gasteiger partial charge in [-0.05, 0) is 13.3 Å². The van der Waals surface area contributed by atoms with Crippen molar-refractivity contribution >= 4 is 17.7 Å². The largest absolute Gasteiger partial charge is 0.459 e. The summed E-state index contributed by atoms with van der Waals surface area (Å²) in [4.78, 5) is 11.2. The number of terminal acetylenes is 1. The van der Waals surface area contributed by atoms with Gasteiger partial charge in [-0.15, -0.1) is 17.4 Å². The second kappa shape index (κ2) is 6.90. The minimum atomic E-state index is -0.592. The molecule has 1 rings (SSSR count). The summed E-state index contributed by atoms with van der Waals surface area (Å²) in [5.41, 5.74) is 0. The van der Waals surface area contributed by atoms with Crippen LogP contribution in [0.4, 0.5) is 0 Å². The predicted molar refractivity (Wildman–Crippen MR) is 59.0 cm³/mol. The van der Waals surface area contributed by atoms with Gasteiger partial charge in [0.05, 0.1) is 6.61 Å². The lowest BCUT2D eigenvalue weighted by Gasteiger charge is -1.94. The van der Waals surface area contributed by atoms with E-state index in [4.69, 9.17) is 15.6 Å². The molecule has 0 aromatic carbocycles. The van der Waals surface area contributed by atoms with Gasteiger partial charge in [-0.25, -0.2) is 4.79 Å².